The topological polar surface area (TPSA) is 119 Å². The standard InChI is InChI=1S/C14H20N2O3.C2HF3O2/c1-16-13(17)8-5-9-19-14(18)12(10-15)11-6-3-2-4-7-11;3-2(4,5)1(6)7/h2-4,6-7,12H,5,8-10,15H2,1H3,(H,16,17);(H,6,7). The van der Waals surface area contributed by atoms with Crippen molar-refractivity contribution in [3.63, 3.8) is 0 Å². The molecule has 7 nitrogen and oxygen atoms in total. The molecule has 0 fully saturated rings. The van der Waals surface area contributed by atoms with Gasteiger partial charge >= 0.3 is 18.1 Å². The molecule has 0 saturated heterocycles. The van der Waals surface area contributed by atoms with Gasteiger partial charge in [-0.2, -0.15) is 13.2 Å². The summed E-state index contributed by atoms with van der Waals surface area (Å²) in [6.07, 6.45) is -4.22. The number of carbonyl (C=O) groups excluding carboxylic acids is 2. The van der Waals surface area contributed by atoms with Gasteiger partial charge in [0, 0.05) is 20.0 Å². The summed E-state index contributed by atoms with van der Waals surface area (Å²) in [7, 11) is 1.58. The Morgan fingerprint density at radius 3 is 2.19 bits per heavy atom. The molecule has 0 radical (unpaired) electrons. The molecule has 0 bridgehead atoms. The Morgan fingerprint density at radius 1 is 1.23 bits per heavy atom. The van der Waals surface area contributed by atoms with Crippen LogP contribution in [0.25, 0.3) is 0 Å². The van der Waals surface area contributed by atoms with Crippen molar-refractivity contribution in [1.82, 2.24) is 5.32 Å². The number of aliphatic carboxylic acids is 1. The van der Waals surface area contributed by atoms with E-state index in [-0.39, 0.29) is 25.0 Å². The van der Waals surface area contributed by atoms with Gasteiger partial charge in [0.25, 0.3) is 0 Å². The van der Waals surface area contributed by atoms with E-state index >= 15 is 0 Å². The normalized spacial score (nSPS) is 11.6. The molecule has 0 saturated carbocycles. The molecule has 10 heteroatoms. The summed E-state index contributed by atoms with van der Waals surface area (Å²) in [5, 5.41) is 9.64. The molecule has 26 heavy (non-hydrogen) atoms. The second kappa shape index (κ2) is 11.9. The number of hydrogen-bond acceptors (Lipinski definition) is 5. The van der Waals surface area contributed by atoms with Gasteiger partial charge in [0.15, 0.2) is 0 Å². The number of alkyl halides is 3. The van der Waals surface area contributed by atoms with Crippen LogP contribution in [0.2, 0.25) is 0 Å². The first-order chi connectivity index (χ1) is 12.1. The van der Waals surface area contributed by atoms with E-state index in [9.17, 15) is 22.8 Å². The summed E-state index contributed by atoms with van der Waals surface area (Å²) in [6, 6.07) is 9.30. The van der Waals surface area contributed by atoms with E-state index in [1.54, 1.807) is 7.05 Å². The number of ether oxygens (including phenoxy) is 1. The van der Waals surface area contributed by atoms with E-state index in [1.807, 2.05) is 30.3 Å². The molecule has 1 aromatic rings. The van der Waals surface area contributed by atoms with Crippen molar-refractivity contribution in [3.05, 3.63) is 35.9 Å². The third-order valence-electron chi connectivity index (χ3n) is 3.04. The van der Waals surface area contributed by atoms with Gasteiger partial charge in [-0.1, -0.05) is 30.3 Å². The highest BCUT2D eigenvalue weighted by Crippen LogP contribution is 2.16. The van der Waals surface area contributed by atoms with Crippen LogP contribution in [-0.2, 0) is 19.1 Å². The number of rotatable bonds is 7. The number of nitrogens with one attached hydrogen (secondary N) is 1. The Kier molecular flexibility index (Phi) is 10.7. The lowest BCUT2D eigenvalue weighted by Crippen LogP contribution is -2.24. The van der Waals surface area contributed by atoms with E-state index in [0.29, 0.717) is 12.8 Å². The zero-order valence-electron chi connectivity index (χ0n) is 14.1. The second-order valence-corrected chi connectivity index (χ2v) is 4.95. The smallest absolute Gasteiger partial charge is 0.475 e. The summed E-state index contributed by atoms with van der Waals surface area (Å²) in [6.45, 7) is 0.438. The molecule has 0 spiro atoms. The van der Waals surface area contributed by atoms with Crippen molar-refractivity contribution >= 4 is 17.8 Å². The monoisotopic (exact) mass is 378 g/mol. The lowest BCUT2D eigenvalue weighted by molar-refractivity contribution is -0.192. The first kappa shape index (κ1) is 23.4. The van der Waals surface area contributed by atoms with E-state index in [2.05, 4.69) is 5.32 Å². The van der Waals surface area contributed by atoms with Crippen LogP contribution >= 0.6 is 0 Å². The van der Waals surface area contributed by atoms with Gasteiger partial charge in [0.1, 0.15) is 0 Å². The Bertz CT molecular complexity index is 579. The van der Waals surface area contributed by atoms with E-state index < -0.39 is 18.1 Å². The maximum Gasteiger partial charge on any atom is 0.490 e. The Hall–Kier alpha value is -2.62. The van der Waals surface area contributed by atoms with Crippen molar-refractivity contribution in [2.45, 2.75) is 24.9 Å². The van der Waals surface area contributed by atoms with Crippen LogP contribution in [0.5, 0.6) is 0 Å². The zero-order chi connectivity index (χ0) is 20.2. The average molecular weight is 378 g/mol. The van der Waals surface area contributed by atoms with Gasteiger partial charge in [0.05, 0.1) is 12.5 Å². The van der Waals surface area contributed by atoms with Crippen molar-refractivity contribution in [2.24, 2.45) is 5.73 Å². The lowest BCUT2D eigenvalue weighted by Gasteiger charge is -2.14. The lowest BCUT2D eigenvalue weighted by atomic mass is 10.00. The zero-order valence-corrected chi connectivity index (χ0v) is 14.1. The molecule has 1 atom stereocenters. The van der Waals surface area contributed by atoms with Crippen LogP contribution < -0.4 is 11.1 Å². The van der Waals surface area contributed by atoms with Gasteiger partial charge in [-0.25, -0.2) is 4.79 Å². The Labute approximate surface area is 148 Å². The van der Waals surface area contributed by atoms with Crippen molar-refractivity contribution in [1.29, 1.82) is 0 Å². The van der Waals surface area contributed by atoms with Crippen LogP contribution in [0, 0.1) is 0 Å². The number of esters is 1. The number of amides is 1. The summed E-state index contributed by atoms with van der Waals surface area (Å²) < 4.78 is 36.9. The number of benzene rings is 1. The minimum absolute atomic E-state index is 0.0607. The van der Waals surface area contributed by atoms with E-state index in [4.69, 9.17) is 20.4 Å². The van der Waals surface area contributed by atoms with Crippen LogP contribution in [0.1, 0.15) is 24.3 Å². The Balaban J connectivity index is 0.000000758. The Morgan fingerprint density at radius 2 is 1.77 bits per heavy atom. The molecule has 4 N–H and O–H groups in total. The van der Waals surface area contributed by atoms with E-state index in [1.165, 1.54) is 0 Å². The summed E-state index contributed by atoms with van der Waals surface area (Å²) in [5.74, 6) is -3.60. The van der Waals surface area contributed by atoms with Gasteiger partial charge in [0.2, 0.25) is 5.91 Å². The van der Waals surface area contributed by atoms with E-state index in [0.717, 1.165) is 5.56 Å². The van der Waals surface area contributed by atoms with Crippen molar-refractivity contribution in [2.75, 3.05) is 20.2 Å². The highest BCUT2D eigenvalue weighted by atomic mass is 19.4. The molecule has 1 rings (SSSR count). The largest absolute Gasteiger partial charge is 0.490 e. The number of nitrogens with two attached hydrogens (primary N) is 1. The number of carbonyl (C=O) groups is 3. The van der Waals surface area contributed by atoms with Crippen LogP contribution in [-0.4, -0.2) is 49.3 Å². The summed E-state index contributed by atoms with van der Waals surface area (Å²) >= 11 is 0. The predicted molar refractivity (Wildman–Crippen MR) is 86.2 cm³/mol. The van der Waals surface area contributed by atoms with Crippen LogP contribution in [0.4, 0.5) is 13.2 Å². The van der Waals surface area contributed by atoms with Gasteiger partial charge in [-0.3, -0.25) is 9.59 Å². The number of carboxylic acids is 1. The minimum Gasteiger partial charge on any atom is -0.475 e. The molecule has 146 valence electrons. The van der Waals surface area contributed by atoms with Gasteiger partial charge in [-0.15, -0.1) is 0 Å². The molecule has 1 aromatic carbocycles. The summed E-state index contributed by atoms with van der Waals surface area (Å²) in [4.78, 5) is 31.8. The van der Waals surface area contributed by atoms with Crippen LogP contribution in [0.15, 0.2) is 30.3 Å². The first-order valence-electron chi connectivity index (χ1n) is 7.55. The number of hydrogen-bond donors (Lipinski definition) is 3. The quantitative estimate of drug-likeness (QED) is 0.488. The number of carboxylic acid groups (broad SMARTS) is 1. The molecule has 0 heterocycles. The summed E-state index contributed by atoms with van der Waals surface area (Å²) in [5.41, 5.74) is 6.46. The fourth-order valence-corrected chi connectivity index (χ4v) is 1.68. The maximum absolute atomic E-state index is 11.9. The highest BCUT2D eigenvalue weighted by Gasteiger charge is 2.38. The second-order valence-electron chi connectivity index (χ2n) is 4.95. The van der Waals surface area contributed by atoms with Crippen molar-refractivity contribution in [3.8, 4) is 0 Å². The molecule has 1 unspecified atom stereocenters. The molecule has 0 aliphatic carbocycles. The third-order valence-corrected chi connectivity index (χ3v) is 3.04. The molecular formula is C16H21F3N2O5. The molecular weight excluding hydrogens is 357 g/mol. The van der Waals surface area contributed by atoms with Crippen LogP contribution in [0.3, 0.4) is 0 Å². The maximum atomic E-state index is 11.9. The molecule has 0 aromatic heterocycles. The molecule has 1 amide bonds. The number of halogens is 3. The fourth-order valence-electron chi connectivity index (χ4n) is 1.68. The average Bonchev–Trinajstić information content (AvgIpc) is 2.59. The molecule has 0 aliphatic rings. The van der Waals surface area contributed by atoms with Crippen molar-refractivity contribution < 1.29 is 37.4 Å². The highest BCUT2D eigenvalue weighted by molar-refractivity contribution is 5.78. The molecule has 0 aliphatic heterocycles. The first-order valence-corrected chi connectivity index (χ1v) is 7.55. The SMILES string of the molecule is CNC(=O)CCCOC(=O)C(CN)c1ccccc1.O=C(O)C(F)(F)F. The van der Waals surface area contributed by atoms with Gasteiger partial charge in [-0.05, 0) is 12.0 Å². The fraction of sp³-hybridized carbons (Fsp3) is 0.438. The van der Waals surface area contributed by atoms with Gasteiger partial charge < -0.3 is 20.9 Å². The third kappa shape index (κ3) is 9.62. The predicted octanol–water partition coefficient (Wildman–Crippen LogP) is 1.43. The minimum atomic E-state index is -5.08.